The van der Waals surface area contributed by atoms with Crippen LogP contribution in [0.25, 0.3) is 12.2 Å². The van der Waals surface area contributed by atoms with Crippen LogP contribution in [0.5, 0.6) is 0 Å². The minimum absolute atomic E-state index is 0.0630. The van der Waals surface area contributed by atoms with Gasteiger partial charge in [0.15, 0.2) is 0 Å². The standard InChI is InChI=1S/C17H23N3O2S/c1-5-7-8-14-13(12(4)22-20-14)9-10-15-19-11(3)16(23-15)17(21)18-6-2/h9-10H,5-8H2,1-4H3,(H,18,21)/b10-9+. The normalized spacial score (nSPS) is 11.3. The number of thiazole rings is 1. The molecule has 0 unspecified atom stereocenters. The van der Waals surface area contributed by atoms with Gasteiger partial charge in [0.2, 0.25) is 0 Å². The molecule has 1 amide bonds. The first-order valence-corrected chi connectivity index (χ1v) is 8.77. The Labute approximate surface area is 140 Å². The lowest BCUT2D eigenvalue weighted by Gasteiger charge is -1.97. The summed E-state index contributed by atoms with van der Waals surface area (Å²) in [6.07, 6.45) is 7.03. The molecular weight excluding hydrogens is 310 g/mol. The third kappa shape index (κ3) is 4.28. The average Bonchev–Trinajstić information content (AvgIpc) is 3.06. The van der Waals surface area contributed by atoms with Crippen molar-refractivity contribution in [2.45, 2.75) is 47.0 Å². The lowest BCUT2D eigenvalue weighted by atomic mass is 10.1. The summed E-state index contributed by atoms with van der Waals surface area (Å²) in [4.78, 5) is 17.1. The quantitative estimate of drug-likeness (QED) is 0.831. The molecule has 124 valence electrons. The second kappa shape index (κ2) is 8.06. The third-order valence-corrected chi connectivity index (χ3v) is 4.62. The number of hydrogen-bond donors (Lipinski definition) is 1. The van der Waals surface area contributed by atoms with Crippen LogP contribution in [0.3, 0.4) is 0 Å². The van der Waals surface area contributed by atoms with Gasteiger partial charge in [-0.25, -0.2) is 4.98 Å². The van der Waals surface area contributed by atoms with E-state index in [1.165, 1.54) is 11.3 Å². The van der Waals surface area contributed by atoms with Crippen molar-refractivity contribution in [1.82, 2.24) is 15.5 Å². The second-order valence-corrected chi connectivity index (χ2v) is 6.39. The van der Waals surface area contributed by atoms with Gasteiger partial charge < -0.3 is 9.84 Å². The molecule has 0 fully saturated rings. The molecule has 2 aromatic heterocycles. The molecule has 0 aliphatic rings. The van der Waals surface area contributed by atoms with Gasteiger partial charge in [-0.1, -0.05) is 18.5 Å². The third-order valence-electron chi connectivity index (χ3n) is 3.50. The van der Waals surface area contributed by atoms with Crippen LogP contribution in [-0.4, -0.2) is 22.6 Å². The van der Waals surface area contributed by atoms with E-state index in [0.29, 0.717) is 11.4 Å². The van der Waals surface area contributed by atoms with Gasteiger partial charge in [-0.3, -0.25) is 4.79 Å². The number of rotatable bonds is 7. The van der Waals surface area contributed by atoms with Crippen molar-refractivity contribution in [2.24, 2.45) is 0 Å². The summed E-state index contributed by atoms with van der Waals surface area (Å²) in [5.41, 5.74) is 2.76. The van der Waals surface area contributed by atoms with E-state index in [2.05, 4.69) is 22.4 Å². The van der Waals surface area contributed by atoms with Crippen molar-refractivity contribution >= 4 is 29.4 Å². The predicted octanol–water partition coefficient (Wildman–Crippen LogP) is 4.01. The van der Waals surface area contributed by atoms with Crippen molar-refractivity contribution in [3.05, 3.63) is 32.6 Å². The smallest absolute Gasteiger partial charge is 0.263 e. The highest BCUT2D eigenvalue weighted by molar-refractivity contribution is 7.14. The zero-order valence-corrected chi connectivity index (χ0v) is 14.9. The van der Waals surface area contributed by atoms with Crippen LogP contribution in [0.1, 0.15) is 64.1 Å². The van der Waals surface area contributed by atoms with E-state index in [9.17, 15) is 4.79 Å². The number of nitrogens with zero attached hydrogens (tertiary/aromatic N) is 2. The molecule has 2 rings (SSSR count). The molecule has 0 saturated heterocycles. The van der Waals surface area contributed by atoms with Crippen LogP contribution in [0, 0.1) is 13.8 Å². The maximum Gasteiger partial charge on any atom is 0.263 e. The highest BCUT2D eigenvalue weighted by Crippen LogP contribution is 2.23. The highest BCUT2D eigenvalue weighted by atomic mass is 32.1. The fourth-order valence-corrected chi connectivity index (χ4v) is 3.14. The summed E-state index contributed by atoms with van der Waals surface area (Å²) in [6.45, 7) is 8.44. The van der Waals surface area contributed by atoms with Crippen LogP contribution in [0.2, 0.25) is 0 Å². The average molecular weight is 333 g/mol. The van der Waals surface area contributed by atoms with Gasteiger partial charge in [0.25, 0.3) is 5.91 Å². The zero-order chi connectivity index (χ0) is 16.8. The van der Waals surface area contributed by atoms with Crippen molar-refractivity contribution in [3.8, 4) is 0 Å². The maximum atomic E-state index is 11.9. The molecule has 2 heterocycles. The number of amides is 1. The maximum absolute atomic E-state index is 11.9. The fraction of sp³-hybridized carbons (Fsp3) is 0.471. The molecule has 0 atom stereocenters. The number of unbranched alkanes of at least 4 members (excludes halogenated alkanes) is 1. The molecule has 0 bridgehead atoms. The molecule has 0 spiro atoms. The summed E-state index contributed by atoms with van der Waals surface area (Å²) in [7, 11) is 0. The first-order chi connectivity index (χ1) is 11.1. The number of carbonyl (C=O) groups is 1. The van der Waals surface area contributed by atoms with E-state index >= 15 is 0 Å². The Kier molecular flexibility index (Phi) is 6.10. The Balaban J connectivity index is 2.19. The molecule has 0 saturated carbocycles. The first kappa shape index (κ1) is 17.4. The van der Waals surface area contributed by atoms with Crippen molar-refractivity contribution in [3.63, 3.8) is 0 Å². The largest absolute Gasteiger partial charge is 0.361 e. The monoisotopic (exact) mass is 333 g/mol. The highest BCUT2D eigenvalue weighted by Gasteiger charge is 2.14. The number of aromatic nitrogens is 2. The molecule has 0 aliphatic heterocycles. The van der Waals surface area contributed by atoms with Crippen molar-refractivity contribution < 1.29 is 9.32 Å². The van der Waals surface area contributed by atoms with E-state index in [4.69, 9.17) is 4.52 Å². The van der Waals surface area contributed by atoms with Crippen LogP contribution < -0.4 is 5.32 Å². The number of nitrogens with one attached hydrogen (secondary N) is 1. The SMILES string of the molecule is CCCCc1noc(C)c1/C=C/c1nc(C)c(C(=O)NCC)s1. The van der Waals surface area contributed by atoms with E-state index < -0.39 is 0 Å². The summed E-state index contributed by atoms with van der Waals surface area (Å²) < 4.78 is 5.30. The summed E-state index contributed by atoms with van der Waals surface area (Å²) in [6, 6.07) is 0. The van der Waals surface area contributed by atoms with Gasteiger partial charge in [-0.15, -0.1) is 11.3 Å². The van der Waals surface area contributed by atoms with Gasteiger partial charge in [0.1, 0.15) is 15.6 Å². The second-order valence-electron chi connectivity index (χ2n) is 5.36. The first-order valence-electron chi connectivity index (χ1n) is 7.95. The molecule has 5 nitrogen and oxygen atoms in total. The Hall–Kier alpha value is -1.95. The summed E-state index contributed by atoms with van der Waals surface area (Å²) >= 11 is 1.40. The number of hydrogen-bond acceptors (Lipinski definition) is 5. The van der Waals surface area contributed by atoms with E-state index in [-0.39, 0.29) is 5.91 Å². The number of carbonyl (C=O) groups excluding carboxylic acids is 1. The predicted molar refractivity (Wildman–Crippen MR) is 93.6 cm³/mol. The molecule has 1 N–H and O–H groups in total. The fourth-order valence-electron chi connectivity index (χ4n) is 2.26. The van der Waals surface area contributed by atoms with Crippen LogP contribution >= 0.6 is 11.3 Å². The van der Waals surface area contributed by atoms with Gasteiger partial charge in [-0.2, -0.15) is 0 Å². The van der Waals surface area contributed by atoms with Gasteiger partial charge >= 0.3 is 0 Å². The van der Waals surface area contributed by atoms with Gasteiger partial charge in [0, 0.05) is 12.1 Å². The van der Waals surface area contributed by atoms with E-state index in [0.717, 1.165) is 47.0 Å². The van der Waals surface area contributed by atoms with Crippen LogP contribution in [0.15, 0.2) is 4.52 Å². The molecule has 0 aliphatic carbocycles. The van der Waals surface area contributed by atoms with Crippen LogP contribution in [-0.2, 0) is 6.42 Å². The molecular formula is C17H23N3O2S. The van der Waals surface area contributed by atoms with Gasteiger partial charge in [-0.05, 0) is 45.8 Å². The van der Waals surface area contributed by atoms with Crippen molar-refractivity contribution in [1.29, 1.82) is 0 Å². The molecule has 0 aromatic carbocycles. The Morgan fingerprint density at radius 1 is 1.30 bits per heavy atom. The summed E-state index contributed by atoms with van der Waals surface area (Å²) in [5.74, 6) is 0.747. The minimum Gasteiger partial charge on any atom is -0.361 e. The van der Waals surface area contributed by atoms with E-state index in [1.54, 1.807) is 0 Å². The lowest BCUT2D eigenvalue weighted by molar-refractivity contribution is 0.0959. The Bertz CT molecular complexity index is 701. The number of aryl methyl sites for hydroxylation is 3. The van der Waals surface area contributed by atoms with E-state index in [1.807, 2.05) is 32.9 Å². The molecule has 0 radical (unpaired) electrons. The lowest BCUT2D eigenvalue weighted by Crippen LogP contribution is -2.22. The topological polar surface area (TPSA) is 68.0 Å². The van der Waals surface area contributed by atoms with Crippen LogP contribution in [0.4, 0.5) is 0 Å². The van der Waals surface area contributed by atoms with Gasteiger partial charge in [0.05, 0.1) is 11.4 Å². The summed E-state index contributed by atoms with van der Waals surface area (Å²) in [5, 5.41) is 7.75. The molecule has 6 heteroatoms. The Morgan fingerprint density at radius 3 is 2.78 bits per heavy atom. The minimum atomic E-state index is -0.0630. The Morgan fingerprint density at radius 2 is 2.09 bits per heavy atom. The molecule has 2 aromatic rings. The molecule has 23 heavy (non-hydrogen) atoms. The zero-order valence-electron chi connectivity index (χ0n) is 14.1. The van der Waals surface area contributed by atoms with Crippen molar-refractivity contribution in [2.75, 3.05) is 6.54 Å².